The number of nitrogens with zero attached hydrogens (tertiary/aromatic N) is 1. The van der Waals surface area contributed by atoms with E-state index in [-0.39, 0.29) is 12.5 Å². The molecule has 4 heteroatoms. The summed E-state index contributed by atoms with van der Waals surface area (Å²) in [6, 6.07) is 0. The van der Waals surface area contributed by atoms with E-state index < -0.39 is 6.23 Å². The Kier molecular flexibility index (Phi) is 5.34. The largest absolute Gasteiger partial charge is 0.396 e. The summed E-state index contributed by atoms with van der Waals surface area (Å²) >= 11 is 0. The number of hydrogen-bond acceptors (Lipinski definition) is 3. The summed E-state index contributed by atoms with van der Waals surface area (Å²) < 4.78 is 0. The van der Waals surface area contributed by atoms with Gasteiger partial charge in [-0.15, -0.1) is 0 Å². The molecule has 1 unspecified atom stereocenters. The van der Waals surface area contributed by atoms with Crippen molar-refractivity contribution in [2.45, 2.75) is 26.5 Å². The summed E-state index contributed by atoms with van der Waals surface area (Å²) in [6.07, 6.45) is -0.375. The van der Waals surface area contributed by atoms with E-state index in [1.54, 1.807) is 6.92 Å². The summed E-state index contributed by atoms with van der Waals surface area (Å²) in [4.78, 5) is 12.7. The SMILES string of the molecule is C=C(C)C(=O)N(CCCO)C(C)O. The molecule has 0 heterocycles. The molecule has 0 aliphatic rings. The molecule has 2 N–H and O–H groups in total. The quantitative estimate of drug-likeness (QED) is 0.474. The van der Waals surface area contributed by atoms with Gasteiger partial charge in [0.1, 0.15) is 6.23 Å². The van der Waals surface area contributed by atoms with Crippen molar-refractivity contribution in [3.05, 3.63) is 12.2 Å². The van der Waals surface area contributed by atoms with E-state index in [2.05, 4.69) is 6.58 Å². The van der Waals surface area contributed by atoms with Crippen LogP contribution in [0, 0.1) is 0 Å². The third-order valence-corrected chi connectivity index (χ3v) is 1.63. The molecule has 0 aliphatic heterocycles. The zero-order valence-corrected chi connectivity index (χ0v) is 8.16. The van der Waals surface area contributed by atoms with E-state index >= 15 is 0 Å². The van der Waals surface area contributed by atoms with Gasteiger partial charge in [-0.25, -0.2) is 0 Å². The molecular formula is C9H17NO3. The van der Waals surface area contributed by atoms with E-state index in [1.165, 1.54) is 11.8 Å². The molecule has 0 saturated carbocycles. The summed E-state index contributed by atoms with van der Waals surface area (Å²) in [7, 11) is 0. The van der Waals surface area contributed by atoms with Gasteiger partial charge >= 0.3 is 0 Å². The van der Waals surface area contributed by atoms with Crippen molar-refractivity contribution in [1.82, 2.24) is 4.90 Å². The van der Waals surface area contributed by atoms with E-state index in [0.717, 1.165) is 0 Å². The Morgan fingerprint density at radius 2 is 2.15 bits per heavy atom. The summed E-state index contributed by atoms with van der Waals surface area (Å²) in [5.41, 5.74) is 0.388. The molecule has 0 rings (SSSR count). The second-order valence-electron chi connectivity index (χ2n) is 2.99. The summed E-state index contributed by atoms with van der Waals surface area (Å²) in [6.45, 7) is 6.96. The van der Waals surface area contributed by atoms with E-state index in [9.17, 15) is 9.90 Å². The van der Waals surface area contributed by atoms with Crippen molar-refractivity contribution in [3.8, 4) is 0 Å². The number of aliphatic hydroxyl groups is 2. The van der Waals surface area contributed by atoms with E-state index in [1.807, 2.05) is 0 Å². The number of amides is 1. The zero-order chi connectivity index (χ0) is 10.4. The second kappa shape index (κ2) is 5.72. The van der Waals surface area contributed by atoms with Crippen LogP contribution in [0.25, 0.3) is 0 Å². The monoisotopic (exact) mass is 187 g/mol. The van der Waals surface area contributed by atoms with Crippen LogP contribution >= 0.6 is 0 Å². The molecule has 1 atom stereocenters. The van der Waals surface area contributed by atoms with Gasteiger partial charge in [0.05, 0.1) is 0 Å². The van der Waals surface area contributed by atoms with Gasteiger partial charge in [-0.3, -0.25) is 4.79 Å². The van der Waals surface area contributed by atoms with Gasteiger partial charge in [-0.2, -0.15) is 0 Å². The Bertz CT molecular complexity index is 189. The summed E-state index contributed by atoms with van der Waals surface area (Å²) in [5.74, 6) is -0.275. The van der Waals surface area contributed by atoms with Gasteiger partial charge in [0, 0.05) is 18.7 Å². The van der Waals surface area contributed by atoms with Crippen LogP contribution in [0.1, 0.15) is 20.3 Å². The van der Waals surface area contributed by atoms with Gasteiger partial charge in [-0.1, -0.05) is 6.58 Å². The van der Waals surface area contributed by atoms with Crippen LogP contribution in [0.15, 0.2) is 12.2 Å². The normalized spacial score (nSPS) is 12.3. The third kappa shape index (κ3) is 4.05. The first-order chi connectivity index (χ1) is 6.00. The Morgan fingerprint density at radius 3 is 2.46 bits per heavy atom. The maximum atomic E-state index is 11.4. The van der Waals surface area contributed by atoms with Crippen molar-refractivity contribution >= 4 is 5.91 Å². The first-order valence-electron chi connectivity index (χ1n) is 4.26. The van der Waals surface area contributed by atoms with Crippen LogP contribution in [0.3, 0.4) is 0 Å². The molecule has 0 aliphatic carbocycles. The minimum absolute atomic E-state index is 0.00664. The standard InChI is InChI=1S/C9H17NO3/c1-7(2)9(13)10(8(3)12)5-4-6-11/h8,11-12H,1,4-6H2,2-3H3. The molecule has 0 aromatic carbocycles. The first kappa shape index (κ1) is 12.1. The lowest BCUT2D eigenvalue weighted by atomic mass is 10.2. The molecular weight excluding hydrogens is 170 g/mol. The first-order valence-corrected chi connectivity index (χ1v) is 4.26. The molecule has 4 nitrogen and oxygen atoms in total. The van der Waals surface area contributed by atoms with Crippen molar-refractivity contribution in [1.29, 1.82) is 0 Å². The highest BCUT2D eigenvalue weighted by molar-refractivity contribution is 5.92. The minimum Gasteiger partial charge on any atom is -0.396 e. The molecule has 0 aromatic rings. The Morgan fingerprint density at radius 1 is 1.62 bits per heavy atom. The van der Waals surface area contributed by atoms with Crippen LogP contribution in [-0.4, -0.2) is 40.4 Å². The van der Waals surface area contributed by atoms with Crippen LogP contribution in [0.4, 0.5) is 0 Å². The van der Waals surface area contributed by atoms with Gasteiger partial charge in [-0.05, 0) is 20.3 Å². The number of carbonyl (C=O) groups excluding carboxylic acids is 1. The molecule has 13 heavy (non-hydrogen) atoms. The molecule has 0 radical (unpaired) electrons. The fourth-order valence-electron chi connectivity index (χ4n) is 0.944. The summed E-state index contributed by atoms with van der Waals surface area (Å²) in [5, 5.41) is 17.8. The molecule has 1 amide bonds. The van der Waals surface area contributed by atoms with Gasteiger partial charge in [0.2, 0.25) is 0 Å². The fraction of sp³-hybridized carbons (Fsp3) is 0.667. The van der Waals surface area contributed by atoms with Crippen LogP contribution in [0.5, 0.6) is 0 Å². The Balaban J connectivity index is 4.24. The van der Waals surface area contributed by atoms with Crippen molar-refractivity contribution in [2.75, 3.05) is 13.2 Å². The highest BCUT2D eigenvalue weighted by Crippen LogP contribution is 2.03. The number of carbonyl (C=O) groups is 1. The topological polar surface area (TPSA) is 60.8 Å². The molecule has 0 saturated heterocycles. The number of rotatable bonds is 5. The van der Waals surface area contributed by atoms with Gasteiger partial charge in [0.25, 0.3) is 5.91 Å². The van der Waals surface area contributed by atoms with Crippen molar-refractivity contribution in [3.63, 3.8) is 0 Å². The number of hydrogen-bond donors (Lipinski definition) is 2. The van der Waals surface area contributed by atoms with Crippen LogP contribution in [0.2, 0.25) is 0 Å². The van der Waals surface area contributed by atoms with Crippen LogP contribution < -0.4 is 0 Å². The number of aliphatic hydroxyl groups excluding tert-OH is 2. The molecule has 0 bridgehead atoms. The van der Waals surface area contributed by atoms with E-state index in [4.69, 9.17) is 5.11 Å². The third-order valence-electron chi connectivity index (χ3n) is 1.63. The fourth-order valence-corrected chi connectivity index (χ4v) is 0.944. The highest BCUT2D eigenvalue weighted by Gasteiger charge is 2.17. The second-order valence-corrected chi connectivity index (χ2v) is 2.99. The zero-order valence-electron chi connectivity index (χ0n) is 8.16. The lowest BCUT2D eigenvalue weighted by Gasteiger charge is -2.25. The Labute approximate surface area is 78.5 Å². The molecule has 0 aromatic heterocycles. The lowest BCUT2D eigenvalue weighted by molar-refractivity contribution is -0.136. The molecule has 76 valence electrons. The molecule has 0 fully saturated rings. The lowest BCUT2D eigenvalue weighted by Crippen LogP contribution is -2.39. The highest BCUT2D eigenvalue weighted by atomic mass is 16.3. The molecule has 0 spiro atoms. The van der Waals surface area contributed by atoms with Gasteiger partial charge in [0.15, 0.2) is 0 Å². The maximum Gasteiger partial charge on any atom is 0.250 e. The van der Waals surface area contributed by atoms with Crippen molar-refractivity contribution < 1.29 is 15.0 Å². The average Bonchev–Trinajstić information content (AvgIpc) is 2.04. The minimum atomic E-state index is -0.837. The predicted octanol–water partition coefficient (Wildman–Crippen LogP) is 0.112. The van der Waals surface area contributed by atoms with E-state index in [0.29, 0.717) is 18.5 Å². The maximum absolute atomic E-state index is 11.4. The Hall–Kier alpha value is -0.870. The predicted molar refractivity (Wildman–Crippen MR) is 49.9 cm³/mol. The van der Waals surface area contributed by atoms with Crippen molar-refractivity contribution in [2.24, 2.45) is 0 Å². The van der Waals surface area contributed by atoms with Crippen LogP contribution in [-0.2, 0) is 4.79 Å². The smallest absolute Gasteiger partial charge is 0.250 e. The van der Waals surface area contributed by atoms with Gasteiger partial charge < -0.3 is 15.1 Å². The average molecular weight is 187 g/mol.